The molecule has 0 unspecified atom stereocenters. The normalized spacial score (nSPS) is 15.0. The lowest BCUT2D eigenvalue weighted by molar-refractivity contribution is 0.0688. The van der Waals surface area contributed by atoms with Crippen LogP contribution in [0.25, 0.3) is 16.0 Å². The van der Waals surface area contributed by atoms with Crippen molar-refractivity contribution in [2.24, 2.45) is 0 Å². The van der Waals surface area contributed by atoms with Gasteiger partial charge in [0.15, 0.2) is 5.82 Å². The van der Waals surface area contributed by atoms with Gasteiger partial charge in [-0.25, -0.2) is 14.3 Å². The number of benzene rings is 1. The van der Waals surface area contributed by atoms with Crippen molar-refractivity contribution in [3.8, 4) is 5.82 Å². The Morgan fingerprint density at radius 3 is 2.61 bits per heavy atom. The van der Waals surface area contributed by atoms with Gasteiger partial charge in [0.2, 0.25) is 0 Å². The van der Waals surface area contributed by atoms with E-state index in [0.29, 0.717) is 37.3 Å². The average molecular weight is 435 g/mol. The number of amides is 1. The van der Waals surface area contributed by atoms with E-state index in [4.69, 9.17) is 0 Å². The number of rotatable bonds is 3. The van der Waals surface area contributed by atoms with Gasteiger partial charge in [-0.3, -0.25) is 9.59 Å². The van der Waals surface area contributed by atoms with Crippen LogP contribution in [0.3, 0.4) is 0 Å². The Morgan fingerprint density at radius 1 is 1.06 bits per heavy atom. The highest BCUT2D eigenvalue weighted by atomic mass is 32.1. The zero-order valence-corrected chi connectivity index (χ0v) is 18.2. The highest BCUT2D eigenvalue weighted by molar-refractivity contribution is 7.16. The molecule has 1 aliphatic rings. The number of hydrogen-bond donors (Lipinski definition) is 0. The third-order valence-corrected chi connectivity index (χ3v) is 6.51. The largest absolute Gasteiger partial charge is 0.338 e. The summed E-state index contributed by atoms with van der Waals surface area (Å²) in [5.41, 5.74) is 5.11. The standard InChI is InChI=1S/C22H22N6O2S/c1-14-11-15(2)27(24-14)20-5-6-21(29)28(25-20)17-7-9-26(10-8-17)22(30)16-3-4-18-19(12-16)31-13-23-18/h3-6,11-13,17H,7-10H2,1-2H3. The van der Waals surface area contributed by atoms with Gasteiger partial charge in [0.25, 0.3) is 11.5 Å². The molecule has 3 aromatic heterocycles. The zero-order chi connectivity index (χ0) is 21.5. The summed E-state index contributed by atoms with van der Waals surface area (Å²) < 4.78 is 4.31. The summed E-state index contributed by atoms with van der Waals surface area (Å²) in [5.74, 6) is 0.645. The van der Waals surface area contributed by atoms with Crippen molar-refractivity contribution in [2.75, 3.05) is 13.1 Å². The van der Waals surface area contributed by atoms with Crippen LogP contribution in [0, 0.1) is 13.8 Å². The third kappa shape index (κ3) is 3.65. The zero-order valence-electron chi connectivity index (χ0n) is 17.4. The van der Waals surface area contributed by atoms with Gasteiger partial charge < -0.3 is 4.90 Å². The number of aryl methyl sites for hydroxylation is 2. The summed E-state index contributed by atoms with van der Waals surface area (Å²) >= 11 is 1.53. The van der Waals surface area contributed by atoms with E-state index in [9.17, 15) is 9.59 Å². The monoisotopic (exact) mass is 434 g/mol. The Bertz CT molecular complexity index is 1330. The highest BCUT2D eigenvalue weighted by Crippen LogP contribution is 2.24. The molecule has 0 radical (unpaired) electrons. The van der Waals surface area contributed by atoms with E-state index in [2.05, 4.69) is 15.2 Å². The summed E-state index contributed by atoms with van der Waals surface area (Å²) in [6.45, 7) is 5.06. The number of thiazole rings is 1. The number of likely N-dealkylation sites (tertiary alicyclic amines) is 1. The molecule has 4 aromatic rings. The van der Waals surface area contributed by atoms with Crippen LogP contribution in [-0.4, -0.2) is 48.4 Å². The lowest BCUT2D eigenvalue weighted by Crippen LogP contribution is -2.41. The quantitative estimate of drug-likeness (QED) is 0.495. The Hall–Kier alpha value is -3.33. The van der Waals surface area contributed by atoms with Crippen molar-refractivity contribution >= 4 is 27.5 Å². The molecule has 8 nitrogen and oxygen atoms in total. The highest BCUT2D eigenvalue weighted by Gasteiger charge is 2.26. The fourth-order valence-electron chi connectivity index (χ4n) is 4.13. The molecule has 1 saturated heterocycles. The first kappa shape index (κ1) is 19.6. The first-order valence-electron chi connectivity index (χ1n) is 10.3. The fourth-order valence-corrected chi connectivity index (χ4v) is 4.85. The molecule has 0 saturated carbocycles. The minimum atomic E-state index is -0.134. The maximum atomic E-state index is 13.0. The van der Waals surface area contributed by atoms with Crippen molar-refractivity contribution in [1.82, 2.24) is 29.4 Å². The third-order valence-electron chi connectivity index (χ3n) is 5.71. The molecule has 4 heterocycles. The van der Waals surface area contributed by atoms with Crippen molar-refractivity contribution in [1.29, 1.82) is 0 Å². The number of piperidine rings is 1. The molecule has 0 aliphatic carbocycles. The van der Waals surface area contributed by atoms with Crippen LogP contribution in [-0.2, 0) is 0 Å². The molecule has 9 heteroatoms. The van der Waals surface area contributed by atoms with E-state index in [1.807, 2.05) is 43.0 Å². The maximum absolute atomic E-state index is 13.0. The predicted molar refractivity (Wildman–Crippen MR) is 119 cm³/mol. The van der Waals surface area contributed by atoms with Gasteiger partial charge in [-0.1, -0.05) is 0 Å². The van der Waals surface area contributed by atoms with Crippen LogP contribution in [0.4, 0.5) is 0 Å². The summed E-state index contributed by atoms with van der Waals surface area (Å²) in [5, 5.41) is 9.06. The number of carbonyl (C=O) groups is 1. The van der Waals surface area contributed by atoms with Crippen molar-refractivity contribution < 1.29 is 4.79 Å². The number of carbonyl (C=O) groups excluding carboxylic acids is 1. The SMILES string of the molecule is Cc1cc(C)n(-c2ccc(=O)n(C3CCN(C(=O)c4ccc5ncsc5c4)CC3)n2)n1. The second kappa shape index (κ2) is 7.73. The molecule has 1 aromatic carbocycles. The summed E-state index contributed by atoms with van der Waals surface area (Å²) in [7, 11) is 0. The molecule has 1 amide bonds. The lowest BCUT2D eigenvalue weighted by Gasteiger charge is -2.32. The summed E-state index contributed by atoms with van der Waals surface area (Å²) in [6.07, 6.45) is 1.37. The van der Waals surface area contributed by atoms with E-state index in [1.165, 1.54) is 11.3 Å². The van der Waals surface area contributed by atoms with Gasteiger partial charge in [0.1, 0.15) is 0 Å². The number of aromatic nitrogens is 5. The van der Waals surface area contributed by atoms with Gasteiger partial charge in [-0.15, -0.1) is 16.4 Å². The van der Waals surface area contributed by atoms with Gasteiger partial charge in [-0.05, 0) is 57.0 Å². The van der Waals surface area contributed by atoms with Crippen LogP contribution < -0.4 is 5.56 Å². The smallest absolute Gasteiger partial charge is 0.267 e. The summed E-state index contributed by atoms with van der Waals surface area (Å²) in [4.78, 5) is 31.6. The molecule has 5 rings (SSSR count). The van der Waals surface area contributed by atoms with E-state index < -0.39 is 0 Å². The number of hydrogen-bond acceptors (Lipinski definition) is 6. The molecule has 31 heavy (non-hydrogen) atoms. The van der Waals surface area contributed by atoms with Crippen molar-refractivity contribution in [3.63, 3.8) is 0 Å². The molecule has 1 aliphatic heterocycles. The first-order valence-corrected chi connectivity index (χ1v) is 11.1. The minimum Gasteiger partial charge on any atom is -0.338 e. The molecule has 158 valence electrons. The lowest BCUT2D eigenvalue weighted by atomic mass is 10.0. The van der Waals surface area contributed by atoms with Gasteiger partial charge in [0, 0.05) is 30.4 Å². The average Bonchev–Trinajstić information content (AvgIpc) is 3.38. The molecular formula is C22H22N6O2S. The van der Waals surface area contributed by atoms with E-state index >= 15 is 0 Å². The van der Waals surface area contributed by atoms with Crippen LogP contribution in [0.1, 0.15) is 40.6 Å². The van der Waals surface area contributed by atoms with Crippen molar-refractivity contribution in [3.05, 3.63) is 69.2 Å². The molecule has 0 spiro atoms. The van der Waals surface area contributed by atoms with Gasteiger partial charge >= 0.3 is 0 Å². The number of fused-ring (bicyclic) bond motifs is 1. The Kier molecular flexibility index (Phi) is 4.90. The Morgan fingerprint density at radius 2 is 1.87 bits per heavy atom. The second-order valence-electron chi connectivity index (χ2n) is 7.87. The number of nitrogens with zero attached hydrogens (tertiary/aromatic N) is 6. The van der Waals surface area contributed by atoms with Gasteiger partial charge in [0.05, 0.1) is 27.5 Å². The minimum absolute atomic E-state index is 0.0189. The van der Waals surface area contributed by atoms with E-state index in [-0.39, 0.29) is 17.5 Å². The predicted octanol–water partition coefficient (Wildman–Crippen LogP) is 3.13. The maximum Gasteiger partial charge on any atom is 0.267 e. The Labute approximate surface area is 182 Å². The molecule has 1 fully saturated rings. The Balaban J connectivity index is 1.33. The molecule has 0 atom stereocenters. The first-order chi connectivity index (χ1) is 15.0. The second-order valence-corrected chi connectivity index (χ2v) is 8.76. The van der Waals surface area contributed by atoms with E-state index in [1.54, 1.807) is 27.0 Å². The molecular weight excluding hydrogens is 412 g/mol. The van der Waals surface area contributed by atoms with Crippen LogP contribution >= 0.6 is 11.3 Å². The van der Waals surface area contributed by atoms with Gasteiger partial charge in [-0.2, -0.15) is 5.10 Å². The summed E-state index contributed by atoms with van der Waals surface area (Å²) in [6, 6.07) is 10.8. The fraction of sp³-hybridized carbons (Fsp3) is 0.318. The van der Waals surface area contributed by atoms with Crippen LogP contribution in [0.15, 0.2) is 46.7 Å². The van der Waals surface area contributed by atoms with Crippen molar-refractivity contribution in [2.45, 2.75) is 32.7 Å². The molecule has 0 bridgehead atoms. The molecule has 0 N–H and O–H groups in total. The van der Waals surface area contributed by atoms with Crippen LogP contribution in [0.5, 0.6) is 0 Å². The van der Waals surface area contributed by atoms with Crippen LogP contribution in [0.2, 0.25) is 0 Å². The topological polar surface area (TPSA) is 85.9 Å². The van der Waals surface area contributed by atoms with E-state index in [0.717, 1.165) is 21.6 Å².